The van der Waals surface area contributed by atoms with Gasteiger partial charge in [-0.25, -0.2) is 4.79 Å². The van der Waals surface area contributed by atoms with Gasteiger partial charge in [0.2, 0.25) is 16.9 Å². The van der Waals surface area contributed by atoms with Crippen LogP contribution in [0.5, 0.6) is 0 Å². The summed E-state index contributed by atoms with van der Waals surface area (Å²) in [5.41, 5.74) is 2.58. The normalized spacial score (nSPS) is 11.0. The first-order chi connectivity index (χ1) is 20.6. The molecule has 2 aromatic heterocycles. The van der Waals surface area contributed by atoms with Crippen LogP contribution < -0.4 is 16.0 Å². The average Bonchev–Trinajstić information content (AvgIpc) is 3.39. The predicted octanol–water partition coefficient (Wildman–Crippen LogP) is 5.60. The summed E-state index contributed by atoms with van der Waals surface area (Å²) in [4.78, 5) is 36.6. The van der Waals surface area contributed by atoms with Crippen LogP contribution in [0.1, 0.15) is 55.4 Å². The van der Waals surface area contributed by atoms with E-state index in [0.29, 0.717) is 16.6 Å². The number of hydrogen-bond donors (Lipinski definition) is 3. The third-order valence-electron chi connectivity index (χ3n) is 5.95. The van der Waals surface area contributed by atoms with Crippen LogP contribution in [0.15, 0.2) is 66.7 Å². The Morgan fingerprint density at radius 2 is 1.40 bits per heavy atom. The number of aryl methyl sites for hydroxylation is 2. The van der Waals surface area contributed by atoms with Crippen molar-refractivity contribution in [2.45, 2.75) is 64.9 Å². The van der Waals surface area contributed by atoms with E-state index in [1.54, 1.807) is 51.1 Å². The summed E-state index contributed by atoms with van der Waals surface area (Å²) in [6.45, 7) is 5.39. The first kappa shape index (κ1) is 31.2. The van der Waals surface area contributed by atoms with Gasteiger partial charge in [0.1, 0.15) is 10.6 Å². The largest absolute Gasteiger partial charge is 0.444 e. The molecule has 0 spiro atoms. The molecule has 0 aliphatic rings. The zero-order chi connectivity index (χ0) is 30.7. The summed E-state index contributed by atoms with van der Waals surface area (Å²) < 4.78 is 5.24. The number of carbonyl (C=O) groups is 3. The molecule has 0 saturated carbocycles. The highest BCUT2D eigenvalue weighted by atomic mass is 32.1. The molecule has 11 nitrogen and oxygen atoms in total. The Morgan fingerprint density at radius 1 is 0.721 bits per heavy atom. The van der Waals surface area contributed by atoms with E-state index in [9.17, 15) is 14.4 Å². The van der Waals surface area contributed by atoms with E-state index < -0.39 is 11.7 Å². The number of benzene rings is 2. The zero-order valence-corrected chi connectivity index (χ0v) is 25.2. The molecule has 2 aromatic carbocycles. The molecule has 12 heteroatoms. The number of hydrogen-bond acceptors (Lipinski definition) is 9. The van der Waals surface area contributed by atoms with Gasteiger partial charge >= 0.3 is 6.09 Å². The van der Waals surface area contributed by atoms with E-state index in [0.717, 1.165) is 47.5 Å². The van der Waals surface area contributed by atoms with Crippen LogP contribution >= 0.6 is 11.3 Å². The Bertz CT molecular complexity index is 1500. The lowest BCUT2D eigenvalue weighted by atomic mass is 10.1. The van der Waals surface area contributed by atoms with Crippen molar-refractivity contribution in [2.75, 3.05) is 16.0 Å². The van der Waals surface area contributed by atoms with Gasteiger partial charge in [0.05, 0.1) is 18.5 Å². The maximum atomic E-state index is 12.5. The summed E-state index contributed by atoms with van der Waals surface area (Å²) >= 11 is 1.36. The first-order valence-corrected chi connectivity index (χ1v) is 14.8. The van der Waals surface area contributed by atoms with Gasteiger partial charge < -0.3 is 15.4 Å². The Kier molecular flexibility index (Phi) is 10.9. The van der Waals surface area contributed by atoms with E-state index in [-0.39, 0.29) is 24.7 Å². The third-order valence-corrected chi connectivity index (χ3v) is 6.84. The number of carbonyl (C=O) groups excluding carboxylic acids is 3. The summed E-state index contributed by atoms with van der Waals surface area (Å²) in [7, 11) is 0. The molecule has 0 bridgehead atoms. The van der Waals surface area contributed by atoms with Crippen LogP contribution in [0.25, 0.3) is 0 Å². The smallest absolute Gasteiger partial charge is 0.412 e. The van der Waals surface area contributed by atoms with Crippen LogP contribution in [0, 0.1) is 0 Å². The number of rotatable bonds is 12. The second-order valence-corrected chi connectivity index (χ2v) is 11.9. The predicted molar refractivity (Wildman–Crippen MR) is 166 cm³/mol. The highest BCUT2D eigenvalue weighted by Crippen LogP contribution is 2.19. The number of nitrogens with one attached hydrogen (secondary N) is 3. The number of anilines is 3. The standard InChI is InChI=1S/C31H35N7O4S/c1-31(2,3)42-30(41)32-23-15-13-22(14-16-23)20-27(40)34-29-38-37-28(43-29)12-8-7-11-24-17-18-25(36-35-24)33-26(39)19-21-9-5-4-6-10-21/h4-6,9-10,13-18H,7-8,11-12,19-20H2,1-3H3,(H,32,41)(H,33,36,39)(H,34,38,40). The van der Waals surface area contributed by atoms with Gasteiger partial charge in [0.25, 0.3) is 0 Å². The van der Waals surface area contributed by atoms with Crippen molar-refractivity contribution >= 4 is 45.9 Å². The van der Waals surface area contributed by atoms with Gasteiger partial charge in [-0.05, 0) is 75.4 Å². The lowest BCUT2D eigenvalue weighted by molar-refractivity contribution is -0.116. The second kappa shape index (κ2) is 15.0. The molecule has 0 saturated heterocycles. The lowest BCUT2D eigenvalue weighted by Gasteiger charge is -2.19. The molecule has 0 radical (unpaired) electrons. The topological polar surface area (TPSA) is 148 Å². The van der Waals surface area contributed by atoms with Crippen molar-refractivity contribution < 1.29 is 19.1 Å². The Morgan fingerprint density at radius 3 is 2.07 bits per heavy atom. The van der Waals surface area contributed by atoms with Gasteiger partial charge in [0.15, 0.2) is 5.82 Å². The minimum atomic E-state index is -0.583. The molecule has 4 rings (SSSR count). The van der Waals surface area contributed by atoms with Gasteiger partial charge in [-0.3, -0.25) is 14.9 Å². The van der Waals surface area contributed by atoms with Crippen molar-refractivity contribution in [2.24, 2.45) is 0 Å². The molecule has 0 unspecified atom stereocenters. The van der Waals surface area contributed by atoms with Crippen LogP contribution in [0.2, 0.25) is 0 Å². The van der Waals surface area contributed by atoms with Gasteiger partial charge in [-0.15, -0.1) is 15.3 Å². The maximum Gasteiger partial charge on any atom is 0.412 e. The minimum absolute atomic E-state index is 0.135. The quantitative estimate of drug-likeness (QED) is 0.178. The second-order valence-electron chi connectivity index (χ2n) is 10.9. The first-order valence-electron chi connectivity index (χ1n) is 14.0. The molecular formula is C31H35N7O4S. The summed E-state index contributed by atoms with van der Waals surface area (Å²) in [5, 5.41) is 26.2. The van der Waals surface area contributed by atoms with Crippen molar-refractivity contribution in [3.63, 3.8) is 0 Å². The molecule has 3 N–H and O–H groups in total. The van der Waals surface area contributed by atoms with Crippen molar-refractivity contribution in [3.05, 3.63) is 88.6 Å². The molecule has 43 heavy (non-hydrogen) atoms. The third kappa shape index (κ3) is 11.2. The highest BCUT2D eigenvalue weighted by molar-refractivity contribution is 7.15. The summed E-state index contributed by atoms with van der Waals surface area (Å²) in [6.07, 6.45) is 3.16. The maximum absolute atomic E-state index is 12.5. The van der Waals surface area contributed by atoms with E-state index >= 15 is 0 Å². The van der Waals surface area contributed by atoms with Crippen molar-refractivity contribution in [3.8, 4) is 0 Å². The molecule has 0 atom stereocenters. The van der Waals surface area contributed by atoms with Crippen LogP contribution in [0.3, 0.4) is 0 Å². The van der Waals surface area contributed by atoms with Crippen molar-refractivity contribution in [1.29, 1.82) is 0 Å². The average molecular weight is 602 g/mol. The monoisotopic (exact) mass is 601 g/mol. The number of amides is 3. The zero-order valence-electron chi connectivity index (χ0n) is 24.4. The van der Waals surface area contributed by atoms with Gasteiger partial charge in [-0.2, -0.15) is 5.10 Å². The number of unbranched alkanes of at least 4 members (excludes halogenated alkanes) is 1. The molecule has 2 heterocycles. The van der Waals surface area contributed by atoms with Crippen LogP contribution in [0.4, 0.5) is 21.4 Å². The number of aromatic nitrogens is 4. The van der Waals surface area contributed by atoms with E-state index in [4.69, 9.17) is 4.74 Å². The molecule has 4 aromatic rings. The van der Waals surface area contributed by atoms with E-state index in [1.165, 1.54) is 11.3 Å². The highest BCUT2D eigenvalue weighted by Gasteiger charge is 2.16. The fraction of sp³-hybridized carbons (Fsp3) is 0.323. The summed E-state index contributed by atoms with van der Waals surface area (Å²) in [5.74, 6) is 0.0957. The van der Waals surface area contributed by atoms with Crippen LogP contribution in [-0.4, -0.2) is 43.9 Å². The fourth-order valence-electron chi connectivity index (χ4n) is 3.99. The Labute approximate surface area is 254 Å². The molecule has 0 fully saturated rings. The van der Waals surface area contributed by atoms with E-state index in [2.05, 4.69) is 36.3 Å². The van der Waals surface area contributed by atoms with E-state index in [1.807, 2.05) is 36.4 Å². The Balaban J connectivity index is 1.13. The molecule has 224 valence electrons. The minimum Gasteiger partial charge on any atom is -0.444 e. The summed E-state index contributed by atoms with van der Waals surface area (Å²) in [6, 6.07) is 20.2. The Hall–Kier alpha value is -4.71. The lowest BCUT2D eigenvalue weighted by Crippen LogP contribution is -2.27. The van der Waals surface area contributed by atoms with Crippen LogP contribution in [-0.2, 0) is 40.0 Å². The molecule has 0 aliphatic heterocycles. The SMILES string of the molecule is CC(C)(C)OC(=O)Nc1ccc(CC(=O)Nc2nnc(CCCCc3ccc(NC(=O)Cc4ccccc4)nn3)s2)cc1. The molecular weight excluding hydrogens is 566 g/mol. The fourth-order valence-corrected chi connectivity index (χ4v) is 4.79. The molecule has 0 aliphatic carbocycles. The number of nitrogens with zero attached hydrogens (tertiary/aromatic N) is 4. The van der Waals surface area contributed by atoms with Crippen molar-refractivity contribution in [1.82, 2.24) is 20.4 Å². The number of ether oxygens (including phenoxy) is 1. The molecule has 3 amide bonds. The van der Waals surface area contributed by atoms with Gasteiger partial charge in [0, 0.05) is 12.1 Å². The van der Waals surface area contributed by atoms with Gasteiger partial charge in [-0.1, -0.05) is 53.8 Å².